The molecule has 3 unspecified atom stereocenters. The van der Waals surface area contributed by atoms with Crippen molar-refractivity contribution in [2.75, 3.05) is 7.05 Å². The highest BCUT2D eigenvalue weighted by atomic mass is 19.1. The van der Waals surface area contributed by atoms with Crippen LogP contribution in [0.4, 0.5) is 4.39 Å². The maximum absolute atomic E-state index is 13.1. The van der Waals surface area contributed by atoms with Gasteiger partial charge in [0.1, 0.15) is 11.6 Å². The zero-order valence-corrected chi connectivity index (χ0v) is 12.1. The molecule has 3 atom stereocenters. The van der Waals surface area contributed by atoms with E-state index in [1.807, 2.05) is 0 Å². The molecule has 106 valence electrons. The Morgan fingerprint density at radius 1 is 1.32 bits per heavy atom. The van der Waals surface area contributed by atoms with Crippen LogP contribution in [0.5, 0.6) is 5.75 Å². The third-order valence-electron chi connectivity index (χ3n) is 4.64. The van der Waals surface area contributed by atoms with Crippen molar-refractivity contribution in [3.8, 4) is 5.75 Å². The molecule has 0 radical (unpaired) electrons. The number of rotatable bonds is 3. The highest BCUT2D eigenvalue weighted by molar-refractivity contribution is 5.35. The first-order chi connectivity index (χ1) is 9.00. The fourth-order valence-corrected chi connectivity index (χ4v) is 3.28. The summed E-state index contributed by atoms with van der Waals surface area (Å²) in [6.45, 7) is 4.38. The molecule has 2 nitrogen and oxygen atoms in total. The quantitative estimate of drug-likeness (QED) is 0.889. The van der Waals surface area contributed by atoms with Gasteiger partial charge in [0, 0.05) is 23.7 Å². The molecule has 1 aromatic rings. The highest BCUT2D eigenvalue weighted by Crippen LogP contribution is 2.35. The third kappa shape index (κ3) is 3.08. The van der Waals surface area contributed by atoms with Gasteiger partial charge in [0.25, 0.3) is 0 Å². The van der Waals surface area contributed by atoms with Crippen LogP contribution in [0.25, 0.3) is 0 Å². The monoisotopic (exact) mass is 265 g/mol. The maximum Gasteiger partial charge on any atom is 0.126 e. The Kier molecular flexibility index (Phi) is 4.46. The first-order valence-electron chi connectivity index (χ1n) is 7.21. The van der Waals surface area contributed by atoms with E-state index in [1.165, 1.54) is 37.8 Å². The van der Waals surface area contributed by atoms with Crippen molar-refractivity contribution in [2.45, 2.75) is 51.6 Å². The molecule has 0 aromatic heterocycles. The molecule has 1 aromatic carbocycles. The van der Waals surface area contributed by atoms with E-state index in [4.69, 9.17) is 0 Å². The standard InChI is InChI=1S/C16H24FNO/c1-11-6-4-5-7-15(11)18(3)12(2)14-9-8-13(17)10-16(14)19/h8-12,15,19H,4-7H2,1-3H3. The molecular weight excluding hydrogens is 241 g/mol. The molecule has 0 amide bonds. The van der Waals surface area contributed by atoms with Gasteiger partial charge in [-0.25, -0.2) is 4.39 Å². The molecular formula is C16H24FNO. The summed E-state index contributed by atoms with van der Waals surface area (Å²) < 4.78 is 13.1. The molecule has 0 saturated heterocycles. The van der Waals surface area contributed by atoms with Crippen molar-refractivity contribution >= 4 is 0 Å². The molecule has 19 heavy (non-hydrogen) atoms. The van der Waals surface area contributed by atoms with E-state index in [2.05, 4.69) is 25.8 Å². The van der Waals surface area contributed by atoms with E-state index in [-0.39, 0.29) is 17.6 Å². The largest absolute Gasteiger partial charge is 0.508 e. The molecule has 0 aliphatic heterocycles. The van der Waals surface area contributed by atoms with Gasteiger partial charge in [-0.3, -0.25) is 4.90 Å². The molecule has 1 aliphatic carbocycles. The Morgan fingerprint density at radius 2 is 2.00 bits per heavy atom. The van der Waals surface area contributed by atoms with E-state index in [0.717, 1.165) is 5.56 Å². The SMILES string of the molecule is CC1CCCCC1N(C)C(C)c1ccc(F)cc1O. The van der Waals surface area contributed by atoms with Gasteiger partial charge in [0.15, 0.2) is 0 Å². The average molecular weight is 265 g/mol. The van der Waals surface area contributed by atoms with Gasteiger partial charge in [-0.1, -0.05) is 25.8 Å². The van der Waals surface area contributed by atoms with Crippen LogP contribution in [0.2, 0.25) is 0 Å². The van der Waals surface area contributed by atoms with E-state index < -0.39 is 0 Å². The predicted molar refractivity (Wildman–Crippen MR) is 75.7 cm³/mol. The van der Waals surface area contributed by atoms with Crippen molar-refractivity contribution in [2.24, 2.45) is 5.92 Å². The van der Waals surface area contributed by atoms with Crippen LogP contribution >= 0.6 is 0 Å². The summed E-state index contributed by atoms with van der Waals surface area (Å²) in [5.74, 6) is 0.355. The van der Waals surface area contributed by atoms with Crippen LogP contribution in [-0.4, -0.2) is 23.1 Å². The second kappa shape index (κ2) is 5.91. The lowest BCUT2D eigenvalue weighted by Crippen LogP contribution is -2.40. The highest BCUT2D eigenvalue weighted by Gasteiger charge is 2.28. The molecule has 2 rings (SSSR count). The smallest absolute Gasteiger partial charge is 0.126 e. The number of benzene rings is 1. The fourth-order valence-electron chi connectivity index (χ4n) is 3.28. The lowest BCUT2D eigenvalue weighted by atomic mass is 9.84. The summed E-state index contributed by atoms with van der Waals surface area (Å²) in [6, 6.07) is 4.96. The van der Waals surface area contributed by atoms with Gasteiger partial charge in [-0.05, 0) is 38.8 Å². The van der Waals surface area contributed by atoms with Crippen LogP contribution in [0.3, 0.4) is 0 Å². The van der Waals surface area contributed by atoms with Crippen LogP contribution in [0, 0.1) is 11.7 Å². The fraction of sp³-hybridized carbons (Fsp3) is 0.625. The minimum atomic E-state index is -0.387. The van der Waals surface area contributed by atoms with Gasteiger partial charge >= 0.3 is 0 Å². The first-order valence-corrected chi connectivity index (χ1v) is 7.21. The van der Waals surface area contributed by atoms with Crippen molar-refractivity contribution in [1.29, 1.82) is 0 Å². The summed E-state index contributed by atoms with van der Waals surface area (Å²) >= 11 is 0. The lowest BCUT2D eigenvalue weighted by molar-refractivity contribution is 0.102. The Morgan fingerprint density at radius 3 is 2.63 bits per heavy atom. The Hall–Kier alpha value is -1.09. The topological polar surface area (TPSA) is 23.5 Å². The number of phenolic OH excluding ortho intramolecular Hbond substituents is 1. The minimum absolute atomic E-state index is 0.0582. The Labute approximate surface area is 115 Å². The maximum atomic E-state index is 13.1. The third-order valence-corrected chi connectivity index (χ3v) is 4.64. The summed E-state index contributed by atoms with van der Waals surface area (Å²) in [4.78, 5) is 2.33. The summed E-state index contributed by atoms with van der Waals surface area (Å²) in [6.07, 6.45) is 5.09. The van der Waals surface area contributed by atoms with Gasteiger partial charge in [-0.15, -0.1) is 0 Å². The van der Waals surface area contributed by atoms with Crippen molar-refractivity contribution in [3.05, 3.63) is 29.6 Å². The van der Waals surface area contributed by atoms with Crippen molar-refractivity contribution in [1.82, 2.24) is 4.90 Å². The van der Waals surface area contributed by atoms with E-state index in [0.29, 0.717) is 12.0 Å². The predicted octanol–water partition coefficient (Wildman–Crippen LogP) is 4.10. The molecule has 1 saturated carbocycles. The molecule has 3 heteroatoms. The summed E-state index contributed by atoms with van der Waals surface area (Å²) in [5.41, 5.74) is 0.807. The summed E-state index contributed by atoms with van der Waals surface area (Å²) in [7, 11) is 2.11. The number of aromatic hydroxyl groups is 1. The van der Waals surface area contributed by atoms with Gasteiger partial charge < -0.3 is 5.11 Å². The molecule has 0 spiro atoms. The minimum Gasteiger partial charge on any atom is -0.508 e. The second-order valence-electron chi connectivity index (χ2n) is 5.87. The van der Waals surface area contributed by atoms with Gasteiger partial charge in [-0.2, -0.15) is 0 Å². The van der Waals surface area contributed by atoms with Gasteiger partial charge in [0.2, 0.25) is 0 Å². The van der Waals surface area contributed by atoms with Crippen molar-refractivity contribution < 1.29 is 9.50 Å². The number of phenols is 1. The zero-order valence-electron chi connectivity index (χ0n) is 12.1. The number of hydrogen-bond acceptors (Lipinski definition) is 2. The molecule has 0 heterocycles. The van der Waals surface area contributed by atoms with Crippen LogP contribution in [0.1, 0.15) is 51.1 Å². The second-order valence-corrected chi connectivity index (χ2v) is 5.87. The van der Waals surface area contributed by atoms with Gasteiger partial charge in [0.05, 0.1) is 0 Å². The first kappa shape index (κ1) is 14.3. The molecule has 1 aliphatic rings. The average Bonchev–Trinajstić information content (AvgIpc) is 2.38. The van der Waals surface area contributed by atoms with Crippen LogP contribution < -0.4 is 0 Å². The number of hydrogen-bond donors (Lipinski definition) is 1. The van der Waals surface area contributed by atoms with Crippen molar-refractivity contribution in [3.63, 3.8) is 0 Å². The number of nitrogens with zero attached hydrogens (tertiary/aromatic N) is 1. The lowest BCUT2D eigenvalue weighted by Gasteiger charge is -2.40. The Bertz CT molecular complexity index is 435. The van der Waals surface area contributed by atoms with Crippen LogP contribution in [-0.2, 0) is 0 Å². The normalized spacial score (nSPS) is 25.5. The zero-order chi connectivity index (χ0) is 14.0. The van der Waals surface area contributed by atoms with E-state index in [9.17, 15) is 9.50 Å². The molecule has 0 bridgehead atoms. The molecule has 1 N–H and O–H groups in total. The van der Waals surface area contributed by atoms with E-state index in [1.54, 1.807) is 6.07 Å². The number of halogens is 1. The summed E-state index contributed by atoms with van der Waals surface area (Å²) in [5, 5.41) is 9.91. The Balaban J connectivity index is 2.15. The van der Waals surface area contributed by atoms with Crippen LogP contribution in [0.15, 0.2) is 18.2 Å². The molecule has 1 fully saturated rings. The van der Waals surface area contributed by atoms with E-state index >= 15 is 0 Å².